The maximum atomic E-state index is 13.5. The van der Waals surface area contributed by atoms with E-state index in [-0.39, 0.29) is 5.52 Å². The van der Waals surface area contributed by atoms with E-state index in [9.17, 15) is 13.0 Å². The summed E-state index contributed by atoms with van der Waals surface area (Å²) in [6.07, 6.45) is 0. The van der Waals surface area contributed by atoms with Crippen LogP contribution < -0.4 is 0 Å². The van der Waals surface area contributed by atoms with E-state index in [1.54, 1.807) is 4.57 Å². The van der Waals surface area contributed by atoms with Crippen LogP contribution in [0.1, 0.15) is 6.92 Å². The lowest BCUT2D eigenvalue weighted by Gasteiger charge is -2.04. The van der Waals surface area contributed by atoms with Gasteiger partial charge in [0.05, 0.1) is 5.52 Å². The maximum absolute atomic E-state index is 13.5. The third-order valence-corrected chi connectivity index (χ3v) is 4.27. The number of aryl methyl sites for hydroxylation is 1. The SMILES string of the molecule is CCS(=O)CCn1c(=S)[nH]c2c(F)cc(F)cc21. The molecule has 0 aliphatic rings. The second-order valence-electron chi connectivity index (χ2n) is 3.80. The van der Waals surface area contributed by atoms with E-state index >= 15 is 0 Å². The van der Waals surface area contributed by atoms with Crippen LogP contribution in [0.25, 0.3) is 11.0 Å². The van der Waals surface area contributed by atoms with Crippen molar-refractivity contribution < 1.29 is 13.0 Å². The fourth-order valence-electron chi connectivity index (χ4n) is 1.74. The molecule has 0 aliphatic heterocycles. The summed E-state index contributed by atoms with van der Waals surface area (Å²) in [6, 6.07) is 2.03. The van der Waals surface area contributed by atoms with Crippen molar-refractivity contribution in [1.29, 1.82) is 0 Å². The van der Waals surface area contributed by atoms with Crippen LogP contribution >= 0.6 is 12.2 Å². The molecule has 98 valence electrons. The lowest BCUT2D eigenvalue weighted by Crippen LogP contribution is -2.09. The van der Waals surface area contributed by atoms with Crippen LogP contribution in [0.3, 0.4) is 0 Å². The highest BCUT2D eigenvalue weighted by molar-refractivity contribution is 7.84. The second kappa shape index (κ2) is 5.27. The quantitative estimate of drug-likeness (QED) is 0.879. The van der Waals surface area contributed by atoms with E-state index < -0.39 is 22.4 Å². The second-order valence-corrected chi connectivity index (χ2v) is 6.05. The molecule has 0 bridgehead atoms. The Bertz CT molecular complexity index is 663. The van der Waals surface area contributed by atoms with Crippen molar-refractivity contribution in [3.05, 3.63) is 28.5 Å². The first-order valence-corrected chi connectivity index (χ1v) is 7.35. The van der Waals surface area contributed by atoms with Crippen LogP contribution in [0.4, 0.5) is 8.78 Å². The van der Waals surface area contributed by atoms with E-state index in [0.717, 1.165) is 6.07 Å². The maximum Gasteiger partial charge on any atom is 0.178 e. The van der Waals surface area contributed by atoms with Crippen molar-refractivity contribution in [2.24, 2.45) is 0 Å². The van der Waals surface area contributed by atoms with Gasteiger partial charge in [-0.15, -0.1) is 0 Å². The molecule has 0 aliphatic carbocycles. The van der Waals surface area contributed by atoms with Crippen LogP contribution in [0, 0.1) is 16.4 Å². The Morgan fingerprint density at radius 3 is 2.83 bits per heavy atom. The van der Waals surface area contributed by atoms with Crippen molar-refractivity contribution in [3.8, 4) is 0 Å². The summed E-state index contributed by atoms with van der Waals surface area (Å²) < 4.78 is 40.0. The zero-order chi connectivity index (χ0) is 13.3. The average molecular weight is 290 g/mol. The number of aromatic nitrogens is 2. The van der Waals surface area contributed by atoms with Gasteiger partial charge in [-0.2, -0.15) is 0 Å². The molecule has 0 radical (unpaired) electrons. The Hall–Kier alpha value is -1.08. The van der Waals surface area contributed by atoms with Gasteiger partial charge in [-0.25, -0.2) is 8.78 Å². The lowest BCUT2D eigenvalue weighted by atomic mass is 10.3. The van der Waals surface area contributed by atoms with Crippen LogP contribution in [0.15, 0.2) is 12.1 Å². The largest absolute Gasteiger partial charge is 0.328 e. The topological polar surface area (TPSA) is 37.8 Å². The zero-order valence-corrected chi connectivity index (χ0v) is 11.3. The fraction of sp³-hybridized carbons (Fsp3) is 0.364. The van der Waals surface area contributed by atoms with Gasteiger partial charge in [0, 0.05) is 34.9 Å². The number of benzene rings is 1. The highest BCUT2D eigenvalue weighted by Gasteiger charge is 2.11. The van der Waals surface area contributed by atoms with Crippen molar-refractivity contribution in [2.45, 2.75) is 13.5 Å². The van der Waals surface area contributed by atoms with E-state index in [2.05, 4.69) is 4.98 Å². The molecular formula is C11H12F2N2OS2. The molecule has 0 amide bonds. The number of aromatic amines is 1. The minimum absolute atomic E-state index is 0.184. The molecule has 7 heteroatoms. The fourth-order valence-corrected chi connectivity index (χ4v) is 2.71. The number of H-pyrrole nitrogens is 1. The molecule has 18 heavy (non-hydrogen) atoms. The van der Waals surface area contributed by atoms with E-state index in [0.29, 0.717) is 28.3 Å². The van der Waals surface area contributed by atoms with Gasteiger partial charge in [-0.3, -0.25) is 4.21 Å². The molecule has 2 aromatic rings. The first kappa shape index (κ1) is 13.4. The molecule has 0 fully saturated rings. The third kappa shape index (κ3) is 2.51. The smallest absolute Gasteiger partial charge is 0.178 e. The molecule has 0 saturated carbocycles. The van der Waals surface area contributed by atoms with Gasteiger partial charge < -0.3 is 9.55 Å². The van der Waals surface area contributed by atoms with E-state index in [1.165, 1.54) is 6.07 Å². The minimum atomic E-state index is -0.942. The number of nitrogens with zero attached hydrogens (tertiary/aromatic N) is 1. The van der Waals surface area contributed by atoms with Gasteiger partial charge in [0.1, 0.15) is 11.3 Å². The first-order valence-electron chi connectivity index (χ1n) is 5.45. The highest BCUT2D eigenvalue weighted by Crippen LogP contribution is 2.19. The van der Waals surface area contributed by atoms with Gasteiger partial charge in [0.25, 0.3) is 0 Å². The number of rotatable bonds is 4. The molecule has 1 aromatic carbocycles. The molecule has 1 unspecified atom stereocenters. The predicted molar refractivity (Wildman–Crippen MR) is 70.6 cm³/mol. The van der Waals surface area contributed by atoms with E-state index in [1.807, 2.05) is 6.92 Å². The summed E-state index contributed by atoms with van der Waals surface area (Å²) in [5.41, 5.74) is 0.550. The Labute approximate surface area is 110 Å². The predicted octanol–water partition coefficient (Wildman–Crippen LogP) is 2.75. The number of imidazole rings is 1. The molecule has 1 N–H and O–H groups in total. The third-order valence-electron chi connectivity index (χ3n) is 2.67. The minimum Gasteiger partial charge on any atom is -0.328 e. The first-order chi connectivity index (χ1) is 8.52. The van der Waals surface area contributed by atoms with Crippen molar-refractivity contribution >= 4 is 34.1 Å². The Morgan fingerprint density at radius 1 is 1.44 bits per heavy atom. The van der Waals surface area contributed by atoms with Crippen molar-refractivity contribution in [1.82, 2.24) is 9.55 Å². The summed E-state index contributed by atoms with van der Waals surface area (Å²) in [4.78, 5) is 2.70. The number of fused-ring (bicyclic) bond motifs is 1. The molecule has 0 saturated heterocycles. The summed E-state index contributed by atoms with van der Waals surface area (Å²) >= 11 is 5.06. The lowest BCUT2D eigenvalue weighted by molar-refractivity contribution is 0.590. The number of halogens is 2. The number of nitrogens with one attached hydrogen (secondary N) is 1. The Balaban J connectivity index is 2.47. The summed E-state index contributed by atoms with van der Waals surface area (Å²) in [5.74, 6) is -0.361. The van der Waals surface area contributed by atoms with Gasteiger partial charge in [-0.05, 0) is 18.3 Å². The van der Waals surface area contributed by atoms with Gasteiger partial charge in [0.15, 0.2) is 10.6 Å². The standard InChI is InChI=1S/C11H12F2N2OS2/c1-2-18(16)4-3-15-9-6-7(12)5-8(13)10(9)14-11(15)17/h5-6H,2-4H2,1H3,(H,14,17). The van der Waals surface area contributed by atoms with Crippen molar-refractivity contribution in [3.63, 3.8) is 0 Å². The van der Waals surface area contributed by atoms with Crippen LogP contribution in [0.2, 0.25) is 0 Å². The summed E-state index contributed by atoms with van der Waals surface area (Å²) in [5, 5.41) is 0. The molecular weight excluding hydrogens is 278 g/mol. The van der Waals surface area contributed by atoms with Gasteiger partial charge in [-0.1, -0.05) is 6.92 Å². The van der Waals surface area contributed by atoms with Crippen LogP contribution in [-0.2, 0) is 17.3 Å². The summed E-state index contributed by atoms with van der Waals surface area (Å²) in [7, 11) is -0.942. The number of hydrogen-bond acceptors (Lipinski definition) is 2. The van der Waals surface area contributed by atoms with Gasteiger partial charge in [0.2, 0.25) is 0 Å². The molecule has 0 spiro atoms. The average Bonchev–Trinajstić information content (AvgIpc) is 2.63. The summed E-state index contributed by atoms with van der Waals surface area (Å²) in [6.45, 7) is 2.20. The Kier molecular flexibility index (Phi) is 3.91. The molecule has 3 nitrogen and oxygen atoms in total. The molecule has 1 aromatic heterocycles. The zero-order valence-electron chi connectivity index (χ0n) is 9.70. The monoisotopic (exact) mass is 290 g/mol. The highest BCUT2D eigenvalue weighted by atomic mass is 32.2. The van der Waals surface area contributed by atoms with Crippen molar-refractivity contribution in [2.75, 3.05) is 11.5 Å². The molecule has 1 heterocycles. The molecule has 2 rings (SSSR count). The van der Waals surface area contributed by atoms with E-state index in [4.69, 9.17) is 12.2 Å². The molecule has 1 atom stereocenters. The number of hydrogen-bond donors (Lipinski definition) is 1. The normalized spacial score (nSPS) is 13.1. The van der Waals surface area contributed by atoms with Gasteiger partial charge >= 0.3 is 0 Å². The Morgan fingerprint density at radius 2 is 2.17 bits per heavy atom. The van der Waals surface area contributed by atoms with Crippen LogP contribution in [-0.4, -0.2) is 25.3 Å². The van der Waals surface area contributed by atoms with Crippen LogP contribution in [0.5, 0.6) is 0 Å².